The number of rotatable bonds is 9. The van der Waals surface area contributed by atoms with E-state index in [4.69, 9.17) is 25.4 Å². The highest BCUT2D eigenvalue weighted by Gasteiger charge is 2.16. The predicted molar refractivity (Wildman–Crippen MR) is 183 cm³/mol. The summed E-state index contributed by atoms with van der Waals surface area (Å²) in [6.07, 6.45) is 2.08. The third-order valence-electron chi connectivity index (χ3n) is 6.04. The third-order valence-corrected chi connectivity index (χ3v) is 6.04. The Morgan fingerprint density at radius 3 is 1.33 bits per heavy atom. The number of aromatic carboxylic acids is 2. The second-order valence-corrected chi connectivity index (χ2v) is 9.53. The number of hydrogen-bond donors (Lipinski definition) is 3. The summed E-state index contributed by atoms with van der Waals surface area (Å²) in [6.45, 7) is 19.9. The first-order valence-corrected chi connectivity index (χ1v) is 15.2. The molecule has 8 nitrogen and oxygen atoms in total. The normalized spacial score (nSPS) is 11.2. The zero-order valence-electron chi connectivity index (χ0n) is 28.6. The predicted octanol–water partition coefficient (Wildman–Crippen LogP) is 8.64. The van der Waals surface area contributed by atoms with E-state index in [1.54, 1.807) is 60.7 Å². The summed E-state index contributed by atoms with van der Waals surface area (Å²) >= 11 is 0. The van der Waals surface area contributed by atoms with Gasteiger partial charge in [-0.15, -0.1) is 0 Å². The van der Waals surface area contributed by atoms with Gasteiger partial charge < -0.3 is 25.4 Å². The summed E-state index contributed by atoms with van der Waals surface area (Å²) in [7, 11) is 0. The van der Waals surface area contributed by atoms with Crippen molar-refractivity contribution in [1.82, 2.24) is 0 Å². The molecular weight excluding hydrogens is 570 g/mol. The van der Waals surface area contributed by atoms with Gasteiger partial charge in [0.15, 0.2) is 0 Å². The minimum Gasteiger partial charge on any atom is -0.478 e. The van der Waals surface area contributed by atoms with E-state index in [9.17, 15) is 14.4 Å². The van der Waals surface area contributed by atoms with Gasteiger partial charge in [0.1, 0.15) is 6.61 Å². The van der Waals surface area contributed by atoms with E-state index < -0.39 is 11.9 Å². The summed E-state index contributed by atoms with van der Waals surface area (Å²) < 4.78 is 11.2. The van der Waals surface area contributed by atoms with Gasteiger partial charge in [-0.25, -0.2) is 14.4 Å². The number of carbonyl (C=O) groups is 3. The van der Waals surface area contributed by atoms with Crippen molar-refractivity contribution < 1.29 is 34.1 Å². The van der Waals surface area contributed by atoms with E-state index >= 15 is 0 Å². The van der Waals surface area contributed by atoms with Crippen molar-refractivity contribution in [3.05, 3.63) is 118 Å². The van der Waals surface area contributed by atoms with Gasteiger partial charge in [-0.2, -0.15) is 0 Å². The fraction of sp³-hybridized carbons (Fsp3) is 0.378. The second kappa shape index (κ2) is 25.0. The van der Waals surface area contributed by atoms with E-state index in [-0.39, 0.29) is 24.8 Å². The number of carbonyl (C=O) groups excluding carboxylic acids is 1. The average Bonchev–Trinajstić information content (AvgIpc) is 3.05. The molecule has 45 heavy (non-hydrogen) atoms. The minimum atomic E-state index is -0.875. The summed E-state index contributed by atoms with van der Waals surface area (Å²) in [5.74, 6) is -2.07. The molecule has 3 aromatic rings. The maximum atomic E-state index is 11.9. The van der Waals surface area contributed by atoms with E-state index in [1.807, 2.05) is 81.4 Å². The van der Waals surface area contributed by atoms with Gasteiger partial charge in [0.25, 0.3) is 0 Å². The summed E-state index contributed by atoms with van der Waals surface area (Å²) in [5.41, 5.74) is 10.9. The van der Waals surface area contributed by atoms with E-state index in [0.29, 0.717) is 16.7 Å². The van der Waals surface area contributed by atoms with Gasteiger partial charge in [0, 0.05) is 0 Å². The van der Waals surface area contributed by atoms with Crippen LogP contribution in [0.5, 0.6) is 0 Å². The molecular formula is C37H53NO7. The van der Waals surface area contributed by atoms with Crippen LogP contribution in [0.15, 0.2) is 84.6 Å². The zero-order valence-corrected chi connectivity index (χ0v) is 28.6. The number of aryl methyl sites for hydroxylation is 3. The summed E-state index contributed by atoms with van der Waals surface area (Å²) in [5, 5.41) is 17.0. The molecule has 248 valence electrons. The van der Waals surface area contributed by atoms with Crippen LogP contribution in [-0.4, -0.2) is 46.9 Å². The smallest absolute Gasteiger partial charge is 0.338 e. The number of benzene rings is 3. The maximum absolute atomic E-state index is 11.9. The fourth-order valence-electron chi connectivity index (χ4n) is 3.12. The molecule has 0 amide bonds. The first-order valence-electron chi connectivity index (χ1n) is 15.2. The molecule has 3 aromatic carbocycles. The maximum Gasteiger partial charge on any atom is 0.338 e. The molecule has 0 aromatic heterocycles. The van der Waals surface area contributed by atoms with Crippen molar-refractivity contribution in [2.24, 2.45) is 5.73 Å². The number of nitrogens with two attached hydrogens (primary N) is 1. The molecule has 0 unspecified atom stereocenters. The highest BCUT2D eigenvalue weighted by molar-refractivity contribution is 5.89. The molecule has 0 aliphatic heterocycles. The standard InChI is InChI=1S/C17H25NO3.2C8H8O2.2C2H6/c1-5-16(21-14(4)13(3)10-18)11-20-17(19)15-8-6-12(2)7-9-15;2*1-6-2-4-7(5-3-6)8(9)10;2*1-2/h6-10,14,16H,5,11,18H2,1-4H3;2*2-5H,1H3,(H,9,10);2*1-2H3/b13-10+;;;;/t14-,16-;;;;/m0..../s1. The SMILES string of the molecule is CC.CC.CC[C@@H](COC(=O)c1ccc(C)cc1)O[C@@H](C)/C(C)=C/N.Cc1ccc(C(=O)O)cc1.Cc1ccc(C(=O)O)cc1. The lowest BCUT2D eigenvalue weighted by molar-refractivity contribution is -0.0298. The molecule has 0 saturated heterocycles. The molecule has 8 heteroatoms. The fourth-order valence-corrected chi connectivity index (χ4v) is 3.12. The monoisotopic (exact) mass is 623 g/mol. The highest BCUT2D eigenvalue weighted by atomic mass is 16.6. The molecule has 0 saturated carbocycles. The van der Waals surface area contributed by atoms with Crippen LogP contribution in [0.4, 0.5) is 0 Å². The number of hydrogen-bond acceptors (Lipinski definition) is 6. The number of carboxylic acid groups (broad SMARTS) is 2. The van der Waals surface area contributed by atoms with Crippen LogP contribution in [0.2, 0.25) is 0 Å². The van der Waals surface area contributed by atoms with Crippen molar-refractivity contribution in [2.45, 2.75) is 87.9 Å². The lowest BCUT2D eigenvalue weighted by atomic mass is 10.1. The van der Waals surface area contributed by atoms with Crippen molar-refractivity contribution in [3.63, 3.8) is 0 Å². The lowest BCUT2D eigenvalue weighted by Gasteiger charge is -2.21. The molecule has 0 heterocycles. The number of ether oxygens (including phenoxy) is 2. The van der Waals surface area contributed by atoms with Gasteiger partial charge in [-0.3, -0.25) is 0 Å². The molecule has 0 bridgehead atoms. The van der Waals surface area contributed by atoms with Gasteiger partial charge in [0.2, 0.25) is 0 Å². The molecule has 4 N–H and O–H groups in total. The summed E-state index contributed by atoms with van der Waals surface area (Å²) in [4.78, 5) is 32.6. The Morgan fingerprint density at radius 2 is 1.04 bits per heavy atom. The zero-order chi connectivity index (χ0) is 34.9. The third kappa shape index (κ3) is 18.8. The molecule has 0 fully saturated rings. The van der Waals surface area contributed by atoms with Crippen molar-refractivity contribution in [2.75, 3.05) is 6.61 Å². The van der Waals surface area contributed by atoms with Crippen LogP contribution in [0.25, 0.3) is 0 Å². The van der Waals surface area contributed by atoms with E-state index in [0.717, 1.165) is 28.7 Å². The van der Waals surface area contributed by atoms with Gasteiger partial charge in [-0.05, 0) is 89.2 Å². The van der Waals surface area contributed by atoms with Gasteiger partial charge in [-0.1, -0.05) is 87.7 Å². The number of carboxylic acids is 2. The Balaban J connectivity index is 0. The van der Waals surface area contributed by atoms with Crippen molar-refractivity contribution in [1.29, 1.82) is 0 Å². The minimum absolute atomic E-state index is 0.0852. The Bertz CT molecular complexity index is 1210. The Labute approximate surface area is 269 Å². The Hall–Kier alpha value is -4.43. The van der Waals surface area contributed by atoms with Crippen LogP contribution in [0, 0.1) is 20.8 Å². The lowest BCUT2D eigenvalue weighted by Crippen LogP contribution is -2.26. The van der Waals surface area contributed by atoms with Gasteiger partial charge >= 0.3 is 17.9 Å². The van der Waals surface area contributed by atoms with Crippen LogP contribution >= 0.6 is 0 Å². The molecule has 3 rings (SSSR count). The van der Waals surface area contributed by atoms with Crippen LogP contribution < -0.4 is 5.73 Å². The largest absolute Gasteiger partial charge is 0.478 e. The quantitative estimate of drug-likeness (QED) is 0.202. The summed E-state index contributed by atoms with van der Waals surface area (Å²) in [6, 6.07) is 20.8. The van der Waals surface area contributed by atoms with Gasteiger partial charge in [0.05, 0.1) is 28.9 Å². The highest BCUT2D eigenvalue weighted by Crippen LogP contribution is 2.12. The Morgan fingerprint density at radius 1 is 0.711 bits per heavy atom. The topological polar surface area (TPSA) is 136 Å². The second-order valence-electron chi connectivity index (χ2n) is 9.53. The number of esters is 1. The molecule has 0 spiro atoms. The first kappa shape index (κ1) is 42.7. The van der Waals surface area contributed by atoms with E-state index in [2.05, 4.69) is 0 Å². The molecule has 2 atom stereocenters. The first-order chi connectivity index (χ1) is 21.4. The molecule has 0 aliphatic rings. The molecule has 0 aliphatic carbocycles. The van der Waals surface area contributed by atoms with Crippen LogP contribution in [-0.2, 0) is 9.47 Å². The van der Waals surface area contributed by atoms with Crippen LogP contribution in [0.1, 0.15) is 103 Å². The van der Waals surface area contributed by atoms with E-state index in [1.165, 1.54) is 6.20 Å². The van der Waals surface area contributed by atoms with Crippen molar-refractivity contribution in [3.8, 4) is 0 Å². The van der Waals surface area contributed by atoms with Crippen molar-refractivity contribution >= 4 is 17.9 Å². The Kier molecular flexibility index (Phi) is 23.7. The average molecular weight is 624 g/mol. The van der Waals surface area contributed by atoms with Crippen LogP contribution in [0.3, 0.4) is 0 Å². The molecule has 0 radical (unpaired) electrons.